The molecule has 0 aliphatic heterocycles. The summed E-state index contributed by atoms with van der Waals surface area (Å²) in [4.78, 5) is 35.3. The lowest BCUT2D eigenvalue weighted by Gasteiger charge is -2.10. The molecular weight excluding hydrogens is 322 g/mol. The number of rotatable bonds is 7. The van der Waals surface area contributed by atoms with Crippen LogP contribution in [0.2, 0.25) is 0 Å². The van der Waals surface area contributed by atoms with E-state index in [1.807, 2.05) is 18.2 Å². The quantitative estimate of drug-likeness (QED) is 0.659. The second-order valence-electron chi connectivity index (χ2n) is 5.19. The van der Waals surface area contributed by atoms with E-state index in [4.69, 9.17) is 4.42 Å². The van der Waals surface area contributed by atoms with Crippen LogP contribution >= 0.6 is 0 Å². The van der Waals surface area contributed by atoms with Gasteiger partial charge >= 0.3 is 0 Å². The maximum absolute atomic E-state index is 12.2. The summed E-state index contributed by atoms with van der Waals surface area (Å²) in [6.45, 7) is 1.33. The normalized spacial score (nSPS) is 10.8. The van der Waals surface area contributed by atoms with Crippen molar-refractivity contribution in [1.29, 1.82) is 0 Å². The Morgan fingerprint density at radius 3 is 2.44 bits per heavy atom. The predicted octanol–water partition coefficient (Wildman–Crippen LogP) is 1.19. The summed E-state index contributed by atoms with van der Waals surface area (Å²) in [6.07, 6.45) is 3.05. The van der Waals surface area contributed by atoms with Gasteiger partial charge in [0.15, 0.2) is 0 Å². The molecule has 0 unspecified atom stereocenters. The van der Waals surface area contributed by atoms with Crippen LogP contribution < -0.4 is 16.0 Å². The van der Waals surface area contributed by atoms with Crippen LogP contribution in [0.5, 0.6) is 0 Å². The molecule has 0 bridgehead atoms. The standard InChI is InChI=1S/C18H19N3O4/c1-13(22)21-16(10-14-6-3-2-4-7-14)18(24)20-12-17(23)19-11-15-8-5-9-25-15/h2-10H,11-12H2,1H3,(H,19,23)(H,20,24)(H,21,22)/b16-10+. The third-order valence-corrected chi connectivity index (χ3v) is 3.12. The van der Waals surface area contributed by atoms with Crippen LogP contribution in [0.1, 0.15) is 18.2 Å². The van der Waals surface area contributed by atoms with Crippen molar-refractivity contribution in [1.82, 2.24) is 16.0 Å². The summed E-state index contributed by atoms with van der Waals surface area (Å²) < 4.78 is 5.10. The van der Waals surface area contributed by atoms with Crippen LogP contribution in [-0.4, -0.2) is 24.3 Å². The second-order valence-corrected chi connectivity index (χ2v) is 5.19. The molecule has 0 atom stereocenters. The monoisotopic (exact) mass is 341 g/mol. The Labute approximate surface area is 145 Å². The number of carbonyl (C=O) groups excluding carboxylic acids is 3. The smallest absolute Gasteiger partial charge is 0.268 e. The van der Waals surface area contributed by atoms with Crippen LogP contribution in [0.3, 0.4) is 0 Å². The number of amides is 3. The average molecular weight is 341 g/mol. The van der Waals surface area contributed by atoms with E-state index >= 15 is 0 Å². The fraction of sp³-hybridized carbons (Fsp3) is 0.167. The highest BCUT2D eigenvalue weighted by atomic mass is 16.3. The lowest BCUT2D eigenvalue weighted by Crippen LogP contribution is -2.40. The third-order valence-electron chi connectivity index (χ3n) is 3.12. The second kappa shape index (κ2) is 9.07. The van der Waals surface area contributed by atoms with Crippen LogP contribution in [0.15, 0.2) is 58.8 Å². The molecule has 0 saturated heterocycles. The zero-order valence-electron chi connectivity index (χ0n) is 13.7. The number of benzene rings is 1. The van der Waals surface area contributed by atoms with Crippen molar-refractivity contribution in [2.24, 2.45) is 0 Å². The van der Waals surface area contributed by atoms with Gasteiger partial charge in [-0.2, -0.15) is 0 Å². The summed E-state index contributed by atoms with van der Waals surface area (Å²) in [6, 6.07) is 12.5. The van der Waals surface area contributed by atoms with E-state index in [1.54, 1.807) is 24.3 Å². The van der Waals surface area contributed by atoms with Crippen molar-refractivity contribution in [2.75, 3.05) is 6.54 Å². The van der Waals surface area contributed by atoms with E-state index in [0.29, 0.717) is 5.76 Å². The van der Waals surface area contributed by atoms with E-state index in [0.717, 1.165) is 5.56 Å². The van der Waals surface area contributed by atoms with Crippen LogP contribution in [0.25, 0.3) is 6.08 Å². The van der Waals surface area contributed by atoms with Crippen molar-refractivity contribution in [2.45, 2.75) is 13.5 Å². The van der Waals surface area contributed by atoms with Crippen molar-refractivity contribution in [3.63, 3.8) is 0 Å². The van der Waals surface area contributed by atoms with Crippen molar-refractivity contribution in [3.8, 4) is 0 Å². The molecular formula is C18H19N3O4. The highest BCUT2D eigenvalue weighted by Gasteiger charge is 2.12. The first-order valence-corrected chi connectivity index (χ1v) is 7.66. The SMILES string of the molecule is CC(=O)N/C(=C/c1ccccc1)C(=O)NCC(=O)NCc1ccco1. The van der Waals surface area contributed by atoms with E-state index in [1.165, 1.54) is 19.3 Å². The number of hydrogen-bond donors (Lipinski definition) is 3. The molecule has 1 aromatic carbocycles. The van der Waals surface area contributed by atoms with Gasteiger partial charge in [-0.25, -0.2) is 0 Å². The molecule has 1 aromatic heterocycles. The molecule has 3 N–H and O–H groups in total. The average Bonchev–Trinajstić information content (AvgIpc) is 3.11. The summed E-state index contributed by atoms with van der Waals surface area (Å²) in [5.74, 6) is -0.680. The molecule has 25 heavy (non-hydrogen) atoms. The topological polar surface area (TPSA) is 100 Å². The molecule has 130 valence electrons. The zero-order chi connectivity index (χ0) is 18.1. The zero-order valence-corrected chi connectivity index (χ0v) is 13.7. The molecule has 0 saturated carbocycles. The van der Waals surface area contributed by atoms with Gasteiger partial charge in [0.2, 0.25) is 11.8 Å². The highest BCUT2D eigenvalue weighted by Crippen LogP contribution is 2.05. The van der Waals surface area contributed by atoms with Gasteiger partial charge in [-0.15, -0.1) is 0 Å². The summed E-state index contributed by atoms with van der Waals surface area (Å²) in [5.41, 5.74) is 0.821. The lowest BCUT2D eigenvalue weighted by molar-refractivity contribution is -0.125. The summed E-state index contributed by atoms with van der Waals surface area (Å²) in [5, 5.41) is 7.56. The van der Waals surface area contributed by atoms with Gasteiger partial charge in [0.1, 0.15) is 11.5 Å². The Kier molecular flexibility index (Phi) is 6.53. The van der Waals surface area contributed by atoms with Gasteiger partial charge in [0, 0.05) is 6.92 Å². The molecule has 2 rings (SSSR count). The molecule has 1 heterocycles. The Bertz CT molecular complexity index is 752. The van der Waals surface area contributed by atoms with Crippen molar-refractivity contribution >= 4 is 23.8 Å². The van der Waals surface area contributed by atoms with Gasteiger partial charge in [-0.3, -0.25) is 14.4 Å². The van der Waals surface area contributed by atoms with Crippen molar-refractivity contribution in [3.05, 3.63) is 65.7 Å². The first-order chi connectivity index (χ1) is 12.0. The molecule has 2 aromatic rings. The maximum Gasteiger partial charge on any atom is 0.268 e. The van der Waals surface area contributed by atoms with Crippen LogP contribution in [0, 0.1) is 0 Å². The molecule has 3 amide bonds. The molecule has 0 aliphatic carbocycles. The van der Waals surface area contributed by atoms with E-state index < -0.39 is 5.91 Å². The Balaban J connectivity index is 1.91. The lowest BCUT2D eigenvalue weighted by atomic mass is 10.2. The summed E-state index contributed by atoms with van der Waals surface area (Å²) in [7, 11) is 0. The number of furan rings is 1. The van der Waals surface area contributed by atoms with E-state index in [2.05, 4.69) is 16.0 Å². The Morgan fingerprint density at radius 1 is 1.04 bits per heavy atom. The number of carbonyl (C=O) groups is 3. The fourth-order valence-corrected chi connectivity index (χ4v) is 1.98. The third kappa shape index (κ3) is 6.34. The van der Waals surface area contributed by atoms with Gasteiger partial charge in [0.05, 0.1) is 19.4 Å². The van der Waals surface area contributed by atoms with Crippen LogP contribution in [-0.2, 0) is 20.9 Å². The first-order valence-electron chi connectivity index (χ1n) is 7.66. The predicted molar refractivity (Wildman–Crippen MR) is 91.8 cm³/mol. The first kappa shape index (κ1) is 18.0. The number of nitrogens with one attached hydrogen (secondary N) is 3. The van der Waals surface area contributed by atoms with Gasteiger partial charge in [-0.05, 0) is 23.8 Å². The largest absolute Gasteiger partial charge is 0.467 e. The van der Waals surface area contributed by atoms with Crippen molar-refractivity contribution < 1.29 is 18.8 Å². The van der Waals surface area contributed by atoms with E-state index in [9.17, 15) is 14.4 Å². The fourth-order valence-electron chi connectivity index (χ4n) is 1.98. The van der Waals surface area contributed by atoms with E-state index in [-0.39, 0.29) is 30.6 Å². The Morgan fingerprint density at radius 2 is 1.80 bits per heavy atom. The van der Waals surface area contributed by atoms with Crippen LogP contribution in [0.4, 0.5) is 0 Å². The summed E-state index contributed by atoms with van der Waals surface area (Å²) >= 11 is 0. The maximum atomic E-state index is 12.2. The molecule has 0 fully saturated rings. The molecule has 0 radical (unpaired) electrons. The van der Waals surface area contributed by atoms with Gasteiger partial charge in [-0.1, -0.05) is 30.3 Å². The minimum absolute atomic E-state index is 0.0672. The molecule has 7 heteroatoms. The minimum atomic E-state index is -0.549. The van der Waals surface area contributed by atoms with Gasteiger partial charge < -0.3 is 20.4 Å². The molecule has 0 spiro atoms. The number of hydrogen-bond acceptors (Lipinski definition) is 4. The highest BCUT2D eigenvalue weighted by molar-refractivity contribution is 6.02. The molecule has 0 aliphatic rings. The minimum Gasteiger partial charge on any atom is -0.467 e. The van der Waals surface area contributed by atoms with Gasteiger partial charge in [0.25, 0.3) is 5.91 Å². The Hall–Kier alpha value is -3.35. The molecule has 7 nitrogen and oxygen atoms in total.